The van der Waals surface area contributed by atoms with Gasteiger partial charge in [-0.05, 0) is 42.1 Å². The molecule has 8 heteroatoms. The van der Waals surface area contributed by atoms with Gasteiger partial charge in [0, 0.05) is 18.7 Å². The third-order valence-electron chi connectivity index (χ3n) is 3.86. The Morgan fingerprint density at radius 1 is 1.52 bits per heavy atom. The van der Waals surface area contributed by atoms with E-state index in [1.807, 2.05) is 0 Å². The van der Waals surface area contributed by atoms with Gasteiger partial charge in [0.05, 0.1) is 9.40 Å². The molecule has 0 bridgehead atoms. The Morgan fingerprint density at radius 2 is 2.19 bits per heavy atom. The Labute approximate surface area is 128 Å². The lowest BCUT2D eigenvalue weighted by Crippen LogP contribution is -2.55. The number of anilines is 1. The highest BCUT2D eigenvalue weighted by Gasteiger charge is 2.43. The van der Waals surface area contributed by atoms with Crippen molar-refractivity contribution < 1.29 is 19.2 Å². The molecule has 21 heavy (non-hydrogen) atoms. The van der Waals surface area contributed by atoms with E-state index in [4.69, 9.17) is 0 Å². The van der Waals surface area contributed by atoms with Crippen LogP contribution in [0.3, 0.4) is 0 Å². The molecule has 1 unspecified atom stereocenters. The molecular weight excluding hydrogens is 347 g/mol. The molecule has 6 nitrogen and oxygen atoms in total. The van der Waals surface area contributed by atoms with Crippen molar-refractivity contribution in [1.29, 1.82) is 0 Å². The van der Waals surface area contributed by atoms with Gasteiger partial charge in [0.1, 0.15) is 17.0 Å². The highest BCUT2D eigenvalue weighted by Crippen LogP contribution is 2.40. The van der Waals surface area contributed by atoms with Crippen molar-refractivity contribution in [2.75, 3.05) is 11.4 Å². The summed E-state index contributed by atoms with van der Waals surface area (Å²) in [4.78, 5) is 23.6. The molecule has 0 aliphatic carbocycles. The number of hydrogen-bond donors (Lipinski definition) is 1. The molecule has 0 radical (unpaired) electrons. The van der Waals surface area contributed by atoms with Crippen LogP contribution in [0.25, 0.3) is 0 Å². The maximum absolute atomic E-state index is 13.8. The molecule has 1 N–H and O–H groups in total. The van der Waals surface area contributed by atoms with E-state index >= 15 is 0 Å². The monoisotopic (exact) mass is 360 g/mol. The summed E-state index contributed by atoms with van der Waals surface area (Å²) in [6.45, 7) is 1.85. The highest BCUT2D eigenvalue weighted by atomic mass is 79.9. The first-order valence-corrected chi connectivity index (χ1v) is 7.21. The number of carboxylic acid groups (broad SMARTS) is 1. The van der Waals surface area contributed by atoms with E-state index in [0.717, 1.165) is 12.1 Å². The zero-order valence-corrected chi connectivity index (χ0v) is 12.9. The van der Waals surface area contributed by atoms with Crippen LogP contribution in [-0.2, 0) is 4.79 Å². The summed E-state index contributed by atoms with van der Waals surface area (Å²) in [6, 6.07) is 2.09. The number of hydrogen-bond acceptors (Lipinski definition) is 4. The Bertz CT molecular complexity index is 610. The Hall–Kier alpha value is -1.70. The van der Waals surface area contributed by atoms with E-state index in [2.05, 4.69) is 15.9 Å². The zero-order valence-electron chi connectivity index (χ0n) is 11.3. The van der Waals surface area contributed by atoms with Gasteiger partial charge in [0.15, 0.2) is 0 Å². The third-order valence-corrected chi connectivity index (χ3v) is 4.46. The van der Waals surface area contributed by atoms with Crippen LogP contribution in [-0.4, -0.2) is 28.1 Å². The van der Waals surface area contributed by atoms with Gasteiger partial charge in [-0.1, -0.05) is 0 Å². The van der Waals surface area contributed by atoms with Crippen LogP contribution >= 0.6 is 15.9 Å². The van der Waals surface area contributed by atoms with Gasteiger partial charge in [-0.15, -0.1) is 0 Å². The maximum atomic E-state index is 13.8. The van der Waals surface area contributed by atoms with Gasteiger partial charge in [-0.3, -0.25) is 10.1 Å². The molecule has 1 aliphatic rings. The number of carbonyl (C=O) groups is 1. The summed E-state index contributed by atoms with van der Waals surface area (Å²) in [6.07, 6.45) is 1.78. The normalized spacial score (nSPS) is 22.1. The molecule has 0 saturated carbocycles. The van der Waals surface area contributed by atoms with E-state index in [0.29, 0.717) is 25.8 Å². The number of carboxylic acids is 1. The van der Waals surface area contributed by atoms with Gasteiger partial charge in [-0.2, -0.15) is 0 Å². The summed E-state index contributed by atoms with van der Waals surface area (Å²) >= 11 is 2.92. The summed E-state index contributed by atoms with van der Waals surface area (Å²) < 4.78 is 13.8. The Kier molecular flexibility index (Phi) is 4.18. The fraction of sp³-hybridized carbons (Fsp3) is 0.462. The van der Waals surface area contributed by atoms with Crippen molar-refractivity contribution in [3.8, 4) is 0 Å². The van der Waals surface area contributed by atoms with Crippen molar-refractivity contribution in [1.82, 2.24) is 0 Å². The van der Waals surface area contributed by atoms with E-state index in [1.54, 1.807) is 0 Å². The minimum atomic E-state index is -1.27. The molecule has 1 saturated heterocycles. The lowest BCUT2D eigenvalue weighted by molar-refractivity contribution is -0.384. The van der Waals surface area contributed by atoms with Crippen LogP contribution < -0.4 is 4.90 Å². The van der Waals surface area contributed by atoms with Crippen LogP contribution in [0.2, 0.25) is 0 Å². The number of nitrogens with zero attached hydrogens (tertiary/aromatic N) is 2. The number of nitro groups is 1. The summed E-state index contributed by atoms with van der Waals surface area (Å²) in [5.41, 5.74) is -1.58. The van der Waals surface area contributed by atoms with Crippen molar-refractivity contribution in [2.45, 2.75) is 31.7 Å². The fourth-order valence-corrected chi connectivity index (χ4v) is 2.95. The van der Waals surface area contributed by atoms with E-state index in [9.17, 15) is 24.4 Å². The van der Waals surface area contributed by atoms with Crippen molar-refractivity contribution >= 4 is 33.3 Å². The molecule has 1 atom stereocenters. The summed E-state index contributed by atoms with van der Waals surface area (Å²) in [5.74, 6) is -1.73. The van der Waals surface area contributed by atoms with Gasteiger partial charge in [-0.25, -0.2) is 9.18 Å². The molecular formula is C13H14BrFN2O4. The van der Waals surface area contributed by atoms with Crippen molar-refractivity contribution in [3.05, 3.63) is 32.5 Å². The molecule has 1 aromatic rings. The first kappa shape index (κ1) is 15.7. The quantitative estimate of drug-likeness (QED) is 0.660. The number of rotatable bonds is 3. The summed E-state index contributed by atoms with van der Waals surface area (Å²) in [5, 5.41) is 20.7. The smallest absolute Gasteiger partial charge is 0.329 e. The van der Waals surface area contributed by atoms with Crippen molar-refractivity contribution in [3.63, 3.8) is 0 Å². The average molecular weight is 361 g/mol. The number of piperidine rings is 1. The maximum Gasteiger partial charge on any atom is 0.329 e. The van der Waals surface area contributed by atoms with E-state index in [1.165, 1.54) is 11.8 Å². The van der Waals surface area contributed by atoms with Gasteiger partial charge in [0.25, 0.3) is 5.69 Å². The third kappa shape index (κ3) is 2.72. The second kappa shape index (κ2) is 5.59. The number of nitro benzene ring substituents is 1. The van der Waals surface area contributed by atoms with Crippen LogP contribution in [0.1, 0.15) is 26.2 Å². The largest absolute Gasteiger partial charge is 0.480 e. The molecule has 0 spiro atoms. The first-order valence-electron chi connectivity index (χ1n) is 6.42. The van der Waals surface area contributed by atoms with E-state index in [-0.39, 0.29) is 15.8 Å². The zero-order chi connectivity index (χ0) is 15.8. The molecule has 0 amide bonds. The van der Waals surface area contributed by atoms with Gasteiger partial charge < -0.3 is 10.0 Å². The van der Waals surface area contributed by atoms with E-state index < -0.39 is 22.2 Å². The van der Waals surface area contributed by atoms with Crippen LogP contribution in [0.5, 0.6) is 0 Å². The number of halogens is 2. The molecule has 1 fully saturated rings. The minimum absolute atomic E-state index is 0.00491. The minimum Gasteiger partial charge on any atom is -0.480 e. The summed E-state index contributed by atoms with van der Waals surface area (Å²) in [7, 11) is 0. The number of aliphatic carboxylic acids is 1. The lowest BCUT2D eigenvalue weighted by Gasteiger charge is -2.42. The topological polar surface area (TPSA) is 83.7 Å². The SMILES string of the molecule is CC1(C(=O)O)CCCCN1c1cc(F)c(Br)cc1[N+](=O)[O-]. The average Bonchev–Trinajstić information content (AvgIpc) is 2.41. The second-order valence-electron chi connectivity index (χ2n) is 5.20. The predicted molar refractivity (Wildman–Crippen MR) is 78.0 cm³/mol. The fourth-order valence-electron chi connectivity index (χ4n) is 2.62. The Balaban J connectivity index is 2.60. The second-order valence-corrected chi connectivity index (χ2v) is 6.05. The predicted octanol–water partition coefficient (Wildman–Crippen LogP) is 3.33. The first-order chi connectivity index (χ1) is 9.77. The van der Waals surface area contributed by atoms with Gasteiger partial charge in [0.2, 0.25) is 0 Å². The standard InChI is InChI=1S/C13H14BrFN2O4/c1-13(12(18)19)4-2-3-5-16(13)10-7-9(15)8(14)6-11(10)17(20)21/h6-7H,2-5H2,1H3,(H,18,19). The molecule has 1 aromatic carbocycles. The van der Waals surface area contributed by atoms with Crippen LogP contribution in [0, 0.1) is 15.9 Å². The van der Waals surface area contributed by atoms with Crippen molar-refractivity contribution in [2.24, 2.45) is 0 Å². The molecule has 2 rings (SSSR count). The molecule has 1 heterocycles. The molecule has 1 aliphatic heterocycles. The van der Waals surface area contributed by atoms with Crippen LogP contribution in [0.15, 0.2) is 16.6 Å². The highest BCUT2D eigenvalue weighted by molar-refractivity contribution is 9.10. The lowest BCUT2D eigenvalue weighted by atomic mass is 9.87. The van der Waals surface area contributed by atoms with Gasteiger partial charge >= 0.3 is 5.97 Å². The number of benzene rings is 1. The van der Waals surface area contributed by atoms with Crippen LogP contribution in [0.4, 0.5) is 15.8 Å². The molecule has 0 aromatic heterocycles. The Morgan fingerprint density at radius 3 is 2.76 bits per heavy atom. The molecule has 114 valence electrons.